The molecule has 0 aromatic heterocycles. The number of anilines is 2. The summed E-state index contributed by atoms with van der Waals surface area (Å²) in [6.45, 7) is 5.58. The van der Waals surface area contributed by atoms with E-state index in [9.17, 15) is 9.18 Å². The van der Waals surface area contributed by atoms with Gasteiger partial charge in [0.05, 0.1) is 6.54 Å². The number of nitrogens with two attached hydrogens (primary N) is 1. The molecule has 0 bridgehead atoms. The van der Waals surface area contributed by atoms with Crippen molar-refractivity contribution in [3.63, 3.8) is 0 Å². The Labute approximate surface area is 171 Å². The summed E-state index contributed by atoms with van der Waals surface area (Å²) in [6, 6.07) is 14.2. The fraction of sp³-hybridized carbons (Fsp3) is 0.364. The van der Waals surface area contributed by atoms with E-state index in [1.54, 1.807) is 12.1 Å². The van der Waals surface area contributed by atoms with Gasteiger partial charge in [-0.1, -0.05) is 19.1 Å². The van der Waals surface area contributed by atoms with E-state index >= 15 is 0 Å². The van der Waals surface area contributed by atoms with Gasteiger partial charge in [0.15, 0.2) is 5.96 Å². The molecule has 6 nitrogen and oxygen atoms in total. The van der Waals surface area contributed by atoms with Gasteiger partial charge in [0.1, 0.15) is 5.82 Å². The Morgan fingerprint density at radius 3 is 2.55 bits per heavy atom. The third kappa shape index (κ3) is 5.94. The van der Waals surface area contributed by atoms with Crippen LogP contribution in [0.5, 0.6) is 0 Å². The van der Waals surface area contributed by atoms with E-state index in [1.165, 1.54) is 12.1 Å². The van der Waals surface area contributed by atoms with Crippen molar-refractivity contribution in [1.82, 2.24) is 4.90 Å². The quantitative estimate of drug-likeness (QED) is 0.580. The number of piperazine rings is 1. The first-order valence-corrected chi connectivity index (χ1v) is 9.99. The molecule has 0 aliphatic carbocycles. The number of nitrogens with zero attached hydrogens (tertiary/aromatic N) is 3. The number of halogens is 1. The highest BCUT2D eigenvalue weighted by molar-refractivity contribution is 5.90. The Balaban J connectivity index is 1.53. The molecule has 1 heterocycles. The van der Waals surface area contributed by atoms with Gasteiger partial charge in [0, 0.05) is 44.0 Å². The number of rotatable bonds is 6. The molecule has 3 rings (SSSR count). The monoisotopic (exact) mass is 397 g/mol. The maximum Gasteiger partial charge on any atom is 0.224 e. The number of hydrogen-bond acceptors (Lipinski definition) is 3. The van der Waals surface area contributed by atoms with Crippen LogP contribution in [0, 0.1) is 5.82 Å². The standard InChI is InChI=1S/C22H28FN5O/c1-2-4-21(29)26-19-6-3-5-17(15-19)16-25-22(24)28-13-11-27(12-14-28)20-9-7-18(23)8-10-20/h3,5-10,15H,2,4,11-14,16H2,1H3,(H2,24,25)(H,26,29). The SMILES string of the molecule is CCCC(=O)Nc1cccc(CN=C(N)N2CCN(c3ccc(F)cc3)CC2)c1. The third-order valence-corrected chi connectivity index (χ3v) is 4.91. The van der Waals surface area contributed by atoms with Crippen LogP contribution in [-0.2, 0) is 11.3 Å². The van der Waals surface area contributed by atoms with Gasteiger partial charge in [-0.15, -0.1) is 0 Å². The van der Waals surface area contributed by atoms with Crippen molar-refractivity contribution in [2.75, 3.05) is 36.4 Å². The molecule has 0 atom stereocenters. The average Bonchev–Trinajstić information content (AvgIpc) is 2.73. The molecule has 1 aliphatic heterocycles. The molecule has 0 unspecified atom stereocenters. The topological polar surface area (TPSA) is 74.0 Å². The molecule has 1 aliphatic rings. The molecule has 29 heavy (non-hydrogen) atoms. The van der Waals surface area contributed by atoms with Crippen LogP contribution in [0.2, 0.25) is 0 Å². The van der Waals surface area contributed by atoms with Gasteiger partial charge in [0.25, 0.3) is 0 Å². The molecule has 3 N–H and O–H groups in total. The van der Waals surface area contributed by atoms with Crippen molar-refractivity contribution in [3.05, 3.63) is 59.9 Å². The van der Waals surface area contributed by atoms with Gasteiger partial charge < -0.3 is 20.9 Å². The van der Waals surface area contributed by atoms with Crippen molar-refractivity contribution in [2.45, 2.75) is 26.3 Å². The number of amides is 1. The first-order chi connectivity index (χ1) is 14.0. The summed E-state index contributed by atoms with van der Waals surface area (Å²) in [5, 5.41) is 2.90. The number of hydrogen-bond donors (Lipinski definition) is 2. The highest BCUT2D eigenvalue weighted by atomic mass is 19.1. The van der Waals surface area contributed by atoms with Crippen LogP contribution in [-0.4, -0.2) is 42.9 Å². The minimum Gasteiger partial charge on any atom is -0.370 e. The minimum atomic E-state index is -0.224. The predicted octanol–water partition coefficient (Wildman–Crippen LogP) is 3.20. The second-order valence-corrected chi connectivity index (χ2v) is 7.12. The number of benzene rings is 2. The smallest absolute Gasteiger partial charge is 0.224 e. The number of carbonyl (C=O) groups is 1. The van der Waals surface area contributed by atoms with Crippen LogP contribution < -0.4 is 16.0 Å². The number of carbonyl (C=O) groups excluding carboxylic acids is 1. The molecule has 1 fully saturated rings. The van der Waals surface area contributed by atoms with Gasteiger partial charge in [-0.25, -0.2) is 9.38 Å². The van der Waals surface area contributed by atoms with Crippen LogP contribution in [0.1, 0.15) is 25.3 Å². The average molecular weight is 397 g/mol. The summed E-state index contributed by atoms with van der Waals surface area (Å²) in [5.74, 6) is 0.314. The highest BCUT2D eigenvalue weighted by Crippen LogP contribution is 2.17. The van der Waals surface area contributed by atoms with Crippen LogP contribution in [0.15, 0.2) is 53.5 Å². The highest BCUT2D eigenvalue weighted by Gasteiger charge is 2.18. The lowest BCUT2D eigenvalue weighted by atomic mass is 10.2. The normalized spacial score (nSPS) is 14.8. The van der Waals surface area contributed by atoms with E-state index in [4.69, 9.17) is 5.73 Å². The molecule has 2 aromatic rings. The fourth-order valence-electron chi connectivity index (χ4n) is 3.32. The lowest BCUT2D eigenvalue weighted by Gasteiger charge is -2.36. The minimum absolute atomic E-state index is 0.0201. The van der Waals surface area contributed by atoms with Crippen LogP contribution in [0.3, 0.4) is 0 Å². The van der Waals surface area contributed by atoms with Crippen molar-refractivity contribution in [1.29, 1.82) is 0 Å². The summed E-state index contributed by atoms with van der Waals surface area (Å²) in [5.41, 5.74) is 8.99. The van der Waals surface area contributed by atoms with Crippen molar-refractivity contribution in [2.24, 2.45) is 10.7 Å². The molecular weight excluding hydrogens is 369 g/mol. The first-order valence-electron chi connectivity index (χ1n) is 9.99. The molecule has 0 radical (unpaired) electrons. The predicted molar refractivity (Wildman–Crippen MR) is 115 cm³/mol. The number of guanidine groups is 1. The second-order valence-electron chi connectivity index (χ2n) is 7.12. The van der Waals surface area contributed by atoms with Crippen LogP contribution in [0.4, 0.5) is 15.8 Å². The molecule has 2 aromatic carbocycles. The number of aliphatic imine (C=N–C) groups is 1. The van der Waals surface area contributed by atoms with E-state index in [2.05, 4.69) is 20.1 Å². The maximum atomic E-state index is 13.1. The molecular formula is C22H28FN5O. The summed E-state index contributed by atoms with van der Waals surface area (Å²) in [6.07, 6.45) is 1.33. The Hall–Kier alpha value is -3.09. The third-order valence-electron chi connectivity index (χ3n) is 4.91. The summed E-state index contributed by atoms with van der Waals surface area (Å²) < 4.78 is 13.1. The zero-order valence-corrected chi connectivity index (χ0v) is 16.8. The Bertz CT molecular complexity index is 845. The molecule has 7 heteroatoms. The molecule has 1 saturated heterocycles. The zero-order chi connectivity index (χ0) is 20.6. The van der Waals surface area contributed by atoms with E-state index in [0.29, 0.717) is 18.9 Å². The van der Waals surface area contributed by atoms with Crippen molar-refractivity contribution < 1.29 is 9.18 Å². The second kappa shape index (κ2) is 9.91. The lowest BCUT2D eigenvalue weighted by molar-refractivity contribution is -0.116. The van der Waals surface area contributed by atoms with Gasteiger partial charge in [-0.3, -0.25) is 4.79 Å². The lowest BCUT2D eigenvalue weighted by Crippen LogP contribution is -2.51. The number of nitrogens with one attached hydrogen (secondary N) is 1. The molecule has 1 amide bonds. The van der Waals surface area contributed by atoms with Gasteiger partial charge in [0.2, 0.25) is 5.91 Å². The molecule has 0 spiro atoms. The Kier molecular flexibility index (Phi) is 7.05. The largest absolute Gasteiger partial charge is 0.370 e. The Morgan fingerprint density at radius 2 is 1.86 bits per heavy atom. The van der Waals surface area contributed by atoms with Crippen molar-refractivity contribution in [3.8, 4) is 0 Å². The van der Waals surface area contributed by atoms with Crippen molar-refractivity contribution >= 4 is 23.2 Å². The summed E-state index contributed by atoms with van der Waals surface area (Å²) in [7, 11) is 0. The van der Waals surface area contributed by atoms with E-state index in [0.717, 1.165) is 49.5 Å². The zero-order valence-electron chi connectivity index (χ0n) is 16.8. The maximum absolute atomic E-state index is 13.1. The van der Waals surface area contributed by atoms with E-state index < -0.39 is 0 Å². The fourth-order valence-corrected chi connectivity index (χ4v) is 3.32. The van der Waals surface area contributed by atoms with Gasteiger partial charge in [-0.2, -0.15) is 0 Å². The Morgan fingerprint density at radius 1 is 1.14 bits per heavy atom. The van der Waals surface area contributed by atoms with Gasteiger partial charge in [-0.05, 0) is 48.4 Å². The summed E-state index contributed by atoms with van der Waals surface area (Å²) in [4.78, 5) is 20.6. The first kappa shape index (κ1) is 20.6. The van der Waals surface area contributed by atoms with E-state index in [1.807, 2.05) is 31.2 Å². The van der Waals surface area contributed by atoms with Crippen LogP contribution >= 0.6 is 0 Å². The summed E-state index contributed by atoms with van der Waals surface area (Å²) >= 11 is 0. The van der Waals surface area contributed by atoms with E-state index in [-0.39, 0.29) is 11.7 Å². The van der Waals surface area contributed by atoms with Crippen LogP contribution in [0.25, 0.3) is 0 Å². The van der Waals surface area contributed by atoms with Gasteiger partial charge >= 0.3 is 0 Å². The molecule has 154 valence electrons. The molecule has 0 saturated carbocycles.